The third-order valence-electron chi connectivity index (χ3n) is 2.29. The number of hydrogen-bond acceptors (Lipinski definition) is 8. The molecule has 8 heteroatoms. The molecule has 0 bridgehead atoms. The molecule has 0 aliphatic heterocycles. The van der Waals surface area contributed by atoms with Gasteiger partial charge in [0, 0.05) is 12.7 Å². The highest BCUT2D eigenvalue weighted by Crippen LogP contribution is 2.03. The van der Waals surface area contributed by atoms with Crippen LogP contribution in [0, 0.1) is 0 Å². The first-order valence-electron chi connectivity index (χ1n) is 6.68. The van der Waals surface area contributed by atoms with Gasteiger partial charge in [0.1, 0.15) is 13.2 Å². The Balaban J connectivity index is 4.14. The molecule has 0 aromatic carbocycles. The van der Waals surface area contributed by atoms with Gasteiger partial charge in [-0.3, -0.25) is 9.59 Å². The zero-order valence-electron chi connectivity index (χ0n) is 12.8. The average Bonchev–Trinajstić information content (AvgIpc) is 2.48. The lowest BCUT2D eigenvalue weighted by atomic mass is 10.3. The monoisotopic (exact) mass is 318 g/mol. The van der Waals surface area contributed by atoms with Gasteiger partial charge in [-0.15, -0.1) is 0 Å². The Morgan fingerprint density at radius 2 is 1.73 bits per heavy atom. The fourth-order valence-corrected chi connectivity index (χ4v) is 1.27. The summed E-state index contributed by atoms with van der Waals surface area (Å²) in [6.45, 7) is 4.42. The SMILES string of the molecule is C=C(C)C(=O)OCC(COC)OC(=O)CCC(=O)OCCO. The second-order valence-electron chi connectivity index (χ2n) is 4.39. The summed E-state index contributed by atoms with van der Waals surface area (Å²) in [7, 11) is 1.41. The van der Waals surface area contributed by atoms with E-state index in [4.69, 9.17) is 19.3 Å². The first-order chi connectivity index (χ1) is 10.4. The smallest absolute Gasteiger partial charge is 0.333 e. The van der Waals surface area contributed by atoms with Crippen LogP contribution in [-0.4, -0.2) is 62.7 Å². The van der Waals surface area contributed by atoms with Crippen LogP contribution in [0.2, 0.25) is 0 Å². The van der Waals surface area contributed by atoms with Gasteiger partial charge in [0.15, 0.2) is 6.10 Å². The van der Waals surface area contributed by atoms with E-state index >= 15 is 0 Å². The topological polar surface area (TPSA) is 108 Å². The number of aliphatic hydroxyl groups excluding tert-OH is 1. The molecule has 0 aliphatic rings. The van der Waals surface area contributed by atoms with E-state index in [1.807, 2.05) is 0 Å². The van der Waals surface area contributed by atoms with Crippen LogP contribution in [0.15, 0.2) is 12.2 Å². The van der Waals surface area contributed by atoms with Gasteiger partial charge in [0.25, 0.3) is 0 Å². The van der Waals surface area contributed by atoms with Gasteiger partial charge in [-0.2, -0.15) is 0 Å². The zero-order chi connectivity index (χ0) is 17.0. The van der Waals surface area contributed by atoms with Gasteiger partial charge in [0.2, 0.25) is 0 Å². The van der Waals surface area contributed by atoms with E-state index < -0.39 is 24.0 Å². The van der Waals surface area contributed by atoms with Crippen molar-refractivity contribution < 1.29 is 38.4 Å². The van der Waals surface area contributed by atoms with Crippen molar-refractivity contribution in [3.05, 3.63) is 12.2 Å². The van der Waals surface area contributed by atoms with E-state index in [0.717, 1.165) is 0 Å². The lowest BCUT2D eigenvalue weighted by Crippen LogP contribution is -2.29. The number of hydrogen-bond donors (Lipinski definition) is 1. The molecule has 126 valence electrons. The van der Waals surface area contributed by atoms with Crippen molar-refractivity contribution in [2.45, 2.75) is 25.9 Å². The van der Waals surface area contributed by atoms with Crippen molar-refractivity contribution >= 4 is 17.9 Å². The Bertz CT molecular complexity index is 390. The lowest BCUT2D eigenvalue weighted by molar-refractivity contribution is -0.162. The first kappa shape index (κ1) is 20.1. The minimum Gasteiger partial charge on any atom is -0.463 e. The second-order valence-corrected chi connectivity index (χ2v) is 4.39. The van der Waals surface area contributed by atoms with E-state index in [1.165, 1.54) is 14.0 Å². The molecule has 1 N–H and O–H groups in total. The quantitative estimate of drug-likeness (QED) is 0.322. The third kappa shape index (κ3) is 9.89. The van der Waals surface area contributed by atoms with Crippen LogP contribution in [0.25, 0.3) is 0 Å². The molecule has 0 aromatic heterocycles. The van der Waals surface area contributed by atoms with Crippen molar-refractivity contribution in [1.29, 1.82) is 0 Å². The van der Waals surface area contributed by atoms with Gasteiger partial charge in [-0.1, -0.05) is 6.58 Å². The summed E-state index contributed by atoms with van der Waals surface area (Å²) in [4.78, 5) is 34.0. The maximum Gasteiger partial charge on any atom is 0.333 e. The van der Waals surface area contributed by atoms with Crippen LogP contribution in [0.5, 0.6) is 0 Å². The molecule has 0 saturated carbocycles. The fraction of sp³-hybridized carbons (Fsp3) is 0.643. The highest BCUT2D eigenvalue weighted by atomic mass is 16.6. The minimum absolute atomic E-state index is 0.0458. The van der Waals surface area contributed by atoms with Crippen LogP contribution in [0.1, 0.15) is 19.8 Å². The Hall–Kier alpha value is -1.93. The maximum atomic E-state index is 11.6. The molecule has 0 heterocycles. The van der Waals surface area contributed by atoms with E-state index in [1.54, 1.807) is 0 Å². The summed E-state index contributed by atoms with van der Waals surface area (Å²) in [6, 6.07) is 0. The summed E-state index contributed by atoms with van der Waals surface area (Å²) in [5.41, 5.74) is 0.231. The number of aliphatic hydroxyl groups is 1. The minimum atomic E-state index is -0.769. The number of rotatable bonds is 11. The predicted molar refractivity (Wildman–Crippen MR) is 74.8 cm³/mol. The molecule has 0 aliphatic carbocycles. The molecule has 0 aromatic rings. The zero-order valence-corrected chi connectivity index (χ0v) is 12.8. The molecule has 0 saturated heterocycles. The molecule has 1 atom stereocenters. The number of carbonyl (C=O) groups is 3. The summed E-state index contributed by atoms with van der Waals surface area (Å²) in [5.74, 6) is -1.85. The van der Waals surface area contributed by atoms with E-state index in [2.05, 4.69) is 11.3 Å². The molecule has 0 amide bonds. The van der Waals surface area contributed by atoms with E-state index in [-0.39, 0.29) is 44.8 Å². The molecular weight excluding hydrogens is 296 g/mol. The molecule has 0 spiro atoms. The predicted octanol–water partition coefficient (Wildman–Crippen LogP) is -0.0204. The van der Waals surface area contributed by atoms with Crippen LogP contribution >= 0.6 is 0 Å². The normalized spacial score (nSPS) is 11.4. The van der Waals surface area contributed by atoms with E-state index in [9.17, 15) is 14.4 Å². The van der Waals surface area contributed by atoms with Crippen molar-refractivity contribution in [3.63, 3.8) is 0 Å². The van der Waals surface area contributed by atoms with Crippen molar-refractivity contribution in [3.8, 4) is 0 Å². The van der Waals surface area contributed by atoms with Crippen molar-refractivity contribution in [1.82, 2.24) is 0 Å². The highest BCUT2D eigenvalue weighted by Gasteiger charge is 2.18. The van der Waals surface area contributed by atoms with Crippen molar-refractivity contribution in [2.24, 2.45) is 0 Å². The summed E-state index contributed by atoms with van der Waals surface area (Å²) >= 11 is 0. The van der Waals surface area contributed by atoms with Crippen molar-refractivity contribution in [2.75, 3.05) is 33.5 Å². The standard InChI is InChI=1S/C14H22O8/c1-10(2)14(18)21-9-11(8-19-3)22-13(17)5-4-12(16)20-7-6-15/h11,15H,1,4-9H2,2-3H3. The van der Waals surface area contributed by atoms with Gasteiger partial charge >= 0.3 is 17.9 Å². The van der Waals surface area contributed by atoms with Gasteiger partial charge < -0.3 is 24.1 Å². The Labute approximate surface area is 129 Å². The number of ether oxygens (including phenoxy) is 4. The van der Waals surface area contributed by atoms with Crippen LogP contribution < -0.4 is 0 Å². The number of methoxy groups -OCH3 is 1. The van der Waals surface area contributed by atoms with Crippen LogP contribution in [0.4, 0.5) is 0 Å². The summed E-state index contributed by atoms with van der Waals surface area (Å²) < 4.78 is 19.4. The van der Waals surface area contributed by atoms with Crippen LogP contribution in [-0.2, 0) is 33.3 Å². The Kier molecular flexibility index (Phi) is 10.7. The molecule has 8 nitrogen and oxygen atoms in total. The van der Waals surface area contributed by atoms with Gasteiger partial charge in [0.05, 0.1) is 26.1 Å². The molecule has 0 fully saturated rings. The lowest BCUT2D eigenvalue weighted by Gasteiger charge is -2.17. The molecule has 1 unspecified atom stereocenters. The van der Waals surface area contributed by atoms with Gasteiger partial charge in [-0.05, 0) is 6.92 Å². The number of esters is 3. The number of carbonyl (C=O) groups excluding carboxylic acids is 3. The summed E-state index contributed by atoms with van der Waals surface area (Å²) in [5, 5.41) is 8.48. The van der Waals surface area contributed by atoms with E-state index in [0.29, 0.717) is 0 Å². The average molecular weight is 318 g/mol. The van der Waals surface area contributed by atoms with Gasteiger partial charge in [-0.25, -0.2) is 4.79 Å². The Morgan fingerprint density at radius 1 is 1.09 bits per heavy atom. The Morgan fingerprint density at radius 3 is 2.27 bits per heavy atom. The molecule has 0 radical (unpaired) electrons. The van der Waals surface area contributed by atoms with Crippen LogP contribution in [0.3, 0.4) is 0 Å². The summed E-state index contributed by atoms with van der Waals surface area (Å²) in [6.07, 6.45) is -1.11. The highest BCUT2D eigenvalue weighted by molar-refractivity contribution is 5.86. The molecular formula is C14H22O8. The first-order valence-corrected chi connectivity index (χ1v) is 6.68. The maximum absolute atomic E-state index is 11.6. The largest absolute Gasteiger partial charge is 0.463 e. The second kappa shape index (κ2) is 11.7. The molecule has 22 heavy (non-hydrogen) atoms. The fourth-order valence-electron chi connectivity index (χ4n) is 1.27. The third-order valence-corrected chi connectivity index (χ3v) is 2.29. The molecule has 0 rings (SSSR count).